The SMILES string of the molecule is CC(C)(C)OC(=O)N1CCC2(CCC(Oc3ccc(C(F)(F)F)nc3)C2)CC1. The summed E-state index contributed by atoms with van der Waals surface area (Å²) in [5, 5.41) is 0. The van der Waals surface area contributed by atoms with Gasteiger partial charge in [-0.2, -0.15) is 13.2 Å². The summed E-state index contributed by atoms with van der Waals surface area (Å²) in [6, 6.07) is 2.27. The van der Waals surface area contributed by atoms with Crippen LogP contribution in [0.5, 0.6) is 5.75 Å². The Morgan fingerprint density at radius 3 is 2.39 bits per heavy atom. The normalized spacial score (nSPS) is 22.4. The second kappa shape index (κ2) is 7.44. The molecule has 1 spiro atoms. The molecule has 1 aromatic rings. The smallest absolute Gasteiger partial charge is 0.433 e. The largest absolute Gasteiger partial charge is 0.489 e. The third kappa shape index (κ3) is 5.08. The van der Waals surface area contributed by atoms with Gasteiger partial charge in [0.15, 0.2) is 0 Å². The monoisotopic (exact) mass is 400 g/mol. The zero-order valence-corrected chi connectivity index (χ0v) is 16.5. The van der Waals surface area contributed by atoms with E-state index < -0.39 is 17.5 Å². The molecule has 0 radical (unpaired) electrons. The summed E-state index contributed by atoms with van der Waals surface area (Å²) in [7, 11) is 0. The number of carbonyl (C=O) groups excluding carboxylic acids is 1. The molecule has 1 atom stereocenters. The van der Waals surface area contributed by atoms with Crippen LogP contribution < -0.4 is 4.74 Å². The molecule has 3 rings (SSSR count). The van der Waals surface area contributed by atoms with Gasteiger partial charge in [-0.3, -0.25) is 0 Å². The van der Waals surface area contributed by atoms with Gasteiger partial charge in [0.1, 0.15) is 17.0 Å². The molecule has 1 aromatic heterocycles. The lowest BCUT2D eigenvalue weighted by Crippen LogP contribution is -2.44. The maximum Gasteiger partial charge on any atom is 0.433 e. The van der Waals surface area contributed by atoms with Gasteiger partial charge in [0, 0.05) is 13.1 Å². The number of carbonyl (C=O) groups is 1. The van der Waals surface area contributed by atoms with Gasteiger partial charge in [-0.15, -0.1) is 0 Å². The second-order valence-corrected chi connectivity index (χ2v) is 8.83. The molecule has 2 fully saturated rings. The number of alkyl halides is 3. The standard InChI is InChI=1S/C20H27F3N2O3/c1-18(2,3)28-17(26)25-10-8-19(9-11-25)7-6-14(12-19)27-15-4-5-16(24-13-15)20(21,22)23/h4-5,13-14H,6-12H2,1-3H3. The molecule has 1 aliphatic heterocycles. The van der Waals surface area contributed by atoms with Gasteiger partial charge in [-0.25, -0.2) is 9.78 Å². The molecule has 8 heteroatoms. The summed E-state index contributed by atoms with van der Waals surface area (Å²) in [6.07, 6.45) is 0.846. The molecule has 1 saturated carbocycles. The molecule has 5 nitrogen and oxygen atoms in total. The average molecular weight is 400 g/mol. The minimum Gasteiger partial charge on any atom is -0.489 e. The van der Waals surface area contributed by atoms with Gasteiger partial charge >= 0.3 is 12.3 Å². The van der Waals surface area contributed by atoms with Crippen LogP contribution in [0.15, 0.2) is 18.3 Å². The Morgan fingerprint density at radius 1 is 1.18 bits per heavy atom. The fraction of sp³-hybridized carbons (Fsp3) is 0.700. The highest BCUT2D eigenvalue weighted by Crippen LogP contribution is 2.47. The number of likely N-dealkylation sites (tertiary alicyclic amines) is 1. The van der Waals surface area contributed by atoms with Gasteiger partial charge in [-0.1, -0.05) is 0 Å². The molecular formula is C20H27F3N2O3. The number of hydrogen-bond acceptors (Lipinski definition) is 4. The molecule has 1 unspecified atom stereocenters. The number of ether oxygens (including phenoxy) is 2. The highest BCUT2D eigenvalue weighted by atomic mass is 19.4. The van der Waals surface area contributed by atoms with Crippen molar-refractivity contribution in [1.29, 1.82) is 0 Å². The van der Waals surface area contributed by atoms with Crippen LogP contribution in [0.2, 0.25) is 0 Å². The maximum absolute atomic E-state index is 12.6. The van der Waals surface area contributed by atoms with Crippen LogP contribution in [0, 0.1) is 5.41 Å². The number of halogens is 3. The first-order valence-electron chi connectivity index (χ1n) is 9.64. The zero-order valence-electron chi connectivity index (χ0n) is 16.5. The Balaban J connectivity index is 1.51. The van der Waals surface area contributed by atoms with Crippen molar-refractivity contribution in [3.8, 4) is 5.75 Å². The van der Waals surface area contributed by atoms with E-state index in [0.717, 1.165) is 44.4 Å². The van der Waals surface area contributed by atoms with E-state index in [2.05, 4.69) is 4.98 Å². The van der Waals surface area contributed by atoms with Crippen molar-refractivity contribution < 1.29 is 27.4 Å². The second-order valence-electron chi connectivity index (χ2n) is 8.83. The average Bonchev–Trinajstić information content (AvgIpc) is 2.96. The van der Waals surface area contributed by atoms with Crippen LogP contribution in [0.25, 0.3) is 0 Å². The molecule has 0 aromatic carbocycles. The Hall–Kier alpha value is -1.99. The van der Waals surface area contributed by atoms with Crippen molar-refractivity contribution >= 4 is 6.09 Å². The van der Waals surface area contributed by atoms with E-state index in [-0.39, 0.29) is 17.6 Å². The van der Waals surface area contributed by atoms with Crippen LogP contribution in [0.3, 0.4) is 0 Å². The molecule has 28 heavy (non-hydrogen) atoms. The molecule has 156 valence electrons. The van der Waals surface area contributed by atoms with E-state index in [0.29, 0.717) is 18.8 Å². The zero-order chi connectivity index (χ0) is 20.6. The topological polar surface area (TPSA) is 51.7 Å². The third-order valence-corrected chi connectivity index (χ3v) is 5.46. The third-order valence-electron chi connectivity index (χ3n) is 5.46. The number of rotatable bonds is 2. The quantitative estimate of drug-likeness (QED) is 0.697. The summed E-state index contributed by atoms with van der Waals surface area (Å²) in [4.78, 5) is 17.4. The molecule has 1 aliphatic carbocycles. The van der Waals surface area contributed by atoms with Gasteiger partial charge in [0.05, 0.1) is 12.3 Å². The Kier molecular flexibility index (Phi) is 5.51. The number of nitrogens with zero attached hydrogens (tertiary/aromatic N) is 2. The van der Waals surface area contributed by atoms with Crippen LogP contribution in [0.1, 0.15) is 58.6 Å². The van der Waals surface area contributed by atoms with Gasteiger partial charge in [-0.05, 0) is 70.4 Å². The number of piperidine rings is 1. The molecule has 0 N–H and O–H groups in total. The van der Waals surface area contributed by atoms with Crippen molar-refractivity contribution in [3.63, 3.8) is 0 Å². The number of pyridine rings is 1. The van der Waals surface area contributed by atoms with Crippen LogP contribution in [-0.4, -0.2) is 40.8 Å². The molecule has 1 saturated heterocycles. The highest BCUT2D eigenvalue weighted by Gasteiger charge is 2.43. The summed E-state index contributed by atoms with van der Waals surface area (Å²) in [5.41, 5.74) is -1.30. The number of hydrogen-bond donors (Lipinski definition) is 0. The van der Waals surface area contributed by atoms with E-state index in [4.69, 9.17) is 9.47 Å². The van der Waals surface area contributed by atoms with Gasteiger partial charge < -0.3 is 14.4 Å². The van der Waals surface area contributed by atoms with E-state index in [1.807, 2.05) is 20.8 Å². The van der Waals surface area contributed by atoms with Crippen molar-refractivity contribution in [2.45, 2.75) is 70.8 Å². The van der Waals surface area contributed by atoms with E-state index in [1.165, 1.54) is 6.07 Å². The maximum atomic E-state index is 12.6. The summed E-state index contributed by atoms with van der Waals surface area (Å²) >= 11 is 0. The first-order valence-corrected chi connectivity index (χ1v) is 9.64. The number of amides is 1. The molecule has 2 aliphatic rings. The Morgan fingerprint density at radius 2 is 1.86 bits per heavy atom. The lowest BCUT2D eigenvalue weighted by atomic mass is 9.77. The molecular weight excluding hydrogens is 373 g/mol. The highest BCUT2D eigenvalue weighted by molar-refractivity contribution is 5.68. The first kappa shape index (κ1) is 20.7. The summed E-state index contributed by atoms with van der Waals surface area (Å²) in [6.45, 7) is 6.87. The van der Waals surface area contributed by atoms with E-state index in [9.17, 15) is 18.0 Å². The van der Waals surface area contributed by atoms with Crippen molar-refractivity contribution in [2.24, 2.45) is 5.41 Å². The van der Waals surface area contributed by atoms with Crippen LogP contribution in [-0.2, 0) is 10.9 Å². The first-order chi connectivity index (χ1) is 13.0. The predicted molar refractivity (Wildman–Crippen MR) is 97.0 cm³/mol. The van der Waals surface area contributed by atoms with E-state index in [1.54, 1.807) is 4.90 Å². The van der Waals surface area contributed by atoms with E-state index >= 15 is 0 Å². The lowest BCUT2D eigenvalue weighted by molar-refractivity contribution is -0.141. The fourth-order valence-corrected chi connectivity index (χ4v) is 4.01. The van der Waals surface area contributed by atoms with Crippen molar-refractivity contribution in [3.05, 3.63) is 24.0 Å². The Labute approximate surface area is 163 Å². The van der Waals surface area contributed by atoms with Crippen molar-refractivity contribution in [2.75, 3.05) is 13.1 Å². The predicted octanol–water partition coefficient (Wildman–Crippen LogP) is 5.05. The molecule has 1 amide bonds. The summed E-state index contributed by atoms with van der Waals surface area (Å²) in [5.74, 6) is 0.362. The van der Waals surface area contributed by atoms with Crippen molar-refractivity contribution in [1.82, 2.24) is 9.88 Å². The fourth-order valence-electron chi connectivity index (χ4n) is 4.01. The van der Waals surface area contributed by atoms with Crippen LogP contribution >= 0.6 is 0 Å². The van der Waals surface area contributed by atoms with Crippen LogP contribution in [0.4, 0.5) is 18.0 Å². The molecule has 0 bridgehead atoms. The minimum atomic E-state index is -4.45. The summed E-state index contributed by atoms with van der Waals surface area (Å²) < 4.78 is 49.1. The number of aromatic nitrogens is 1. The molecule has 2 heterocycles. The van der Waals surface area contributed by atoms with Gasteiger partial charge in [0.25, 0.3) is 0 Å². The van der Waals surface area contributed by atoms with Gasteiger partial charge in [0.2, 0.25) is 0 Å². The lowest BCUT2D eigenvalue weighted by Gasteiger charge is -2.39. The minimum absolute atomic E-state index is 0.0355. The Bertz CT molecular complexity index is 690.